The Balaban J connectivity index is 3.41. The fourth-order valence-electron chi connectivity index (χ4n) is 3.06. The number of alkyl carbamates (subject to hydrolysis) is 1. The van der Waals surface area contributed by atoms with Crippen molar-refractivity contribution in [3.63, 3.8) is 0 Å². The van der Waals surface area contributed by atoms with E-state index in [9.17, 15) is 19.2 Å². The van der Waals surface area contributed by atoms with Crippen molar-refractivity contribution in [3.05, 3.63) is 48.6 Å². The highest BCUT2D eigenvalue weighted by Gasteiger charge is 2.37. The fourth-order valence-corrected chi connectivity index (χ4v) is 3.06. The molecule has 0 spiro atoms. The lowest BCUT2D eigenvalue weighted by atomic mass is 10.00. The van der Waals surface area contributed by atoms with Gasteiger partial charge in [0.2, 0.25) is 17.7 Å². The van der Waals surface area contributed by atoms with Gasteiger partial charge < -0.3 is 26.0 Å². The first kappa shape index (κ1) is 27.7. The number of carbonyl (C=O) groups is 4. The number of hydrogen-bond acceptors (Lipinski definition) is 5. The van der Waals surface area contributed by atoms with Gasteiger partial charge in [-0.15, -0.1) is 6.58 Å². The van der Waals surface area contributed by atoms with E-state index in [1.165, 1.54) is 11.0 Å². The van der Waals surface area contributed by atoms with E-state index in [0.29, 0.717) is 5.56 Å². The Kier molecular flexibility index (Phi) is 9.63. The maximum Gasteiger partial charge on any atom is 0.408 e. The lowest BCUT2D eigenvalue weighted by Crippen LogP contribution is -2.55. The van der Waals surface area contributed by atoms with Crippen LogP contribution in [0.15, 0.2) is 43.0 Å². The summed E-state index contributed by atoms with van der Waals surface area (Å²) in [5, 5.41) is 5.31. The Labute approximate surface area is 195 Å². The second-order valence-corrected chi connectivity index (χ2v) is 9.70. The monoisotopic (exact) mass is 460 g/mol. The van der Waals surface area contributed by atoms with Crippen LogP contribution in [0.2, 0.25) is 0 Å². The van der Waals surface area contributed by atoms with Gasteiger partial charge in [-0.1, -0.05) is 36.4 Å². The van der Waals surface area contributed by atoms with Crippen molar-refractivity contribution in [3.8, 4) is 0 Å². The predicted octanol–water partition coefficient (Wildman–Crippen LogP) is 2.43. The summed E-state index contributed by atoms with van der Waals surface area (Å²) >= 11 is 0. The summed E-state index contributed by atoms with van der Waals surface area (Å²) in [5.41, 5.74) is 4.52. The van der Waals surface area contributed by atoms with E-state index in [1.54, 1.807) is 51.1 Å². The second kappa shape index (κ2) is 11.5. The number of nitrogens with zero attached hydrogens (tertiary/aromatic N) is 1. The molecule has 9 heteroatoms. The zero-order valence-corrected chi connectivity index (χ0v) is 20.3. The summed E-state index contributed by atoms with van der Waals surface area (Å²) in [6.07, 6.45) is 0.122. The summed E-state index contributed by atoms with van der Waals surface area (Å²) in [6.45, 7) is 14.2. The largest absolute Gasteiger partial charge is 0.444 e. The smallest absolute Gasteiger partial charge is 0.408 e. The van der Waals surface area contributed by atoms with Crippen molar-refractivity contribution < 1.29 is 23.9 Å². The zero-order chi connectivity index (χ0) is 25.4. The van der Waals surface area contributed by atoms with Gasteiger partial charge in [0.15, 0.2) is 0 Å². The van der Waals surface area contributed by atoms with Gasteiger partial charge in [-0.05, 0) is 47.1 Å². The molecule has 1 rings (SSSR count). The average molecular weight is 461 g/mol. The van der Waals surface area contributed by atoms with Crippen LogP contribution in [0, 0.1) is 0 Å². The highest BCUT2D eigenvalue weighted by Crippen LogP contribution is 2.24. The van der Waals surface area contributed by atoms with Crippen molar-refractivity contribution in [2.45, 2.75) is 71.2 Å². The normalized spacial score (nSPS) is 13.3. The molecule has 4 N–H and O–H groups in total. The standard InChI is InChI=1S/C24H36N4O5/c1-8-14-28(19(16-12-10-9-11-13-16)20(30)27-23(2,3)4)21(31)17(15-18(25)29)26-22(32)33-24(5,6)7/h8-13,17,19H,1,14-15H2,2-7H3,(H2,25,29)(H,26,32)(H,27,30). The molecule has 0 fully saturated rings. The van der Waals surface area contributed by atoms with Crippen LogP contribution in [0.4, 0.5) is 4.79 Å². The van der Waals surface area contributed by atoms with E-state index in [0.717, 1.165) is 0 Å². The van der Waals surface area contributed by atoms with E-state index in [2.05, 4.69) is 17.2 Å². The Morgan fingerprint density at radius 1 is 1.09 bits per heavy atom. The zero-order valence-electron chi connectivity index (χ0n) is 20.3. The molecule has 1 aromatic rings. The molecule has 0 bridgehead atoms. The minimum atomic E-state index is -1.33. The molecular formula is C24H36N4O5. The minimum absolute atomic E-state index is 0.0127. The van der Waals surface area contributed by atoms with Crippen molar-refractivity contribution in [1.82, 2.24) is 15.5 Å². The van der Waals surface area contributed by atoms with Crippen molar-refractivity contribution in [2.75, 3.05) is 6.54 Å². The van der Waals surface area contributed by atoms with Gasteiger partial charge in [-0.3, -0.25) is 14.4 Å². The van der Waals surface area contributed by atoms with Gasteiger partial charge in [0.1, 0.15) is 17.7 Å². The Morgan fingerprint density at radius 3 is 2.12 bits per heavy atom. The summed E-state index contributed by atoms with van der Waals surface area (Å²) in [4.78, 5) is 52.1. The highest BCUT2D eigenvalue weighted by atomic mass is 16.6. The molecule has 0 saturated carbocycles. The molecule has 9 nitrogen and oxygen atoms in total. The van der Waals surface area contributed by atoms with Crippen molar-refractivity contribution in [1.29, 1.82) is 0 Å². The quantitative estimate of drug-likeness (QED) is 0.487. The number of hydrogen-bond donors (Lipinski definition) is 3. The molecule has 2 atom stereocenters. The molecule has 0 aliphatic heterocycles. The van der Waals surface area contributed by atoms with E-state index in [-0.39, 0.29) is 6.54 Å². The van der Waals surface area contributed by atoms with Crippen LogP contribution >= 0.6 is 0 Å². The van der Waals surface area contributed by atoms with Crippen LogP contribution < -0.4 is 16.4 Å². The van der Waals surface area contributed by atoms with E-state index < -0.39 is 53.5 Å². The summed E-state index contributed by atoms with van der Waals surface area (Å²) < 4.78 is 5.23. The molecule has 0 heterocycles. The first-order chi connectivity index (χ1) is 15.1. The van der Waals surface area contributed by atoms with Crippen LogP contribution in [-0.4, -0.2) is 52.4 Å². The molecule has 182 valence electrons. The van der Waals surface area contributed by atoms with Gasteiger partial charge in [0, 0.05) is 12.1 Å². The number of primary amides is 1. The summed E-state index contributed by atoms with van der Waals surface area (Å²) in [6, 6.07) is 6.38. The molecule has 33 heavy (non-hydrogen) atoms. The third-order valence-corrected chi connectivity index (χ3v) is 4.18. The van der Waals surface area contributed by atoms with Crippen molar-refractivity contribution >= 4 is 23.8 Å². The van der Waals surface area contributed by atoms with Gasteiger partial charge in [0.25, 0.3) is 0 Å². The van der Waals surface area contributed by atoms with Crippen LogP contribution in [0.5, 0.6) is 0 Å². The topological polar surface area (TPSA) is 131 Å². The van der Waals surface area contributed by atoms with Gasteiger partial charge in [-0.2, -0.15) is 0 Å². The minimum Gasteiger partial charge on any atom is -0.444 e. The fraction of sp³-hybridized carbons (Fsp3) is 0.500. The van der Waals surface area contributed by atoms with Crippen LogP contribution in [0.3, 0.4) is 0 Å². The molecule has 0 radical (unpaired) electrons. The average Bonchev–Trinajstić information content (AvgIpc) is 2.64. The maximum atomic E-state index is 13.6. The number of rotatable bonds is 9. The summed E-state index contributed by atoms with van der Waals surface area (Å²) in [5.74, 6) is -1.88. The van der Waals surface area contributed by atoms with E-state index in [4.69, 9.17) is 10.5 Å². The first-order valence-electron chi connectivity index (χ1n) is 10.7. The number of nitrogens with two attached hydrogens (primary N) is 1. The second-order valence-electron chi connectivity index (χ2n) is 9.70. The van der Waals surface area contributed by atoms with Gasteiger partial charge in [0.05, 0.1) is 6.42 Å². The molecular weight excluding hydrogens is 424 g/mol. The molecule has 0 aliphatic carbocycles. The molecule has 4 amide bonds. The Morgan fingerprint density at radius 2 is 1.67 bits per heavy atom. The van der Waals surface area contributed by atoms with Gasteiger partial charge >= 0.3 is 6.09 Å². The Hall–Kier alpha value is -3.36. The number of ether oxygens (including phenoxy) is 1. The first-order valence-corrected chi connectivity index (χ1v) is 10.7. The third-order valence-electron chi connectivity index (χ3n) is 4.18. The Bertz CT molecular complexity index is 856. The summed E-state index contributed by atoms with van der Waals surface area (Å²) in [7, 11) is 0. The van der Waals surface area contributed by atoms with Crippen LogP contribution in [-0.2, 0) is 19.1 Å². The number of nitrogens with one attached hydrogen (secondary N) is 2. The van der Waals surface area contributed by atoms with Crippen molar-refractivity contribution in [2.24, 2.45) is 5.73 Å². The lowest BCUT2D eigenvalue weighted by molar-refractivity contribution is -0.143. The van der Waals surface area contributed by atoms with Crippen LogP contribution in [0.1, 0.15) is 59.6 Å². The molecule has 1 aromatic carbocycles. The van der Waals surface area contributed by atoms with E-state index in [1.807, 2.05) is 20.8 Å². The van der Waals surface area contributed by atoms with Gasteiger partial charge in [-0.25, -0.2) is 4.79 Å². The number of amides is 4. The molecule has 0 saturated heterocycles. The number of benzene rings is 1. The molecule has 0 aromatic heterocycles. The lowest BCUT2D eigenvalue weighted by Gasteiger charge is -2.35. The predicted molar refractivity (Wildman–Crippen MR) is 126 cm³/mol. The molecule has 2 unspecified atom stereocenters. The number of carbonyl (C=O) groups excluding carboxylic acids is 4. The highest BCUT2D eigenvalue weighted by molar-refractivity contribution is 5.94. The molecule has 0 aliphatic rings. The maximum absolute atomic E-state index is 13.6. The third kappa shape index (κ3) is 9.76. The van der Waals surface area contributed by atoms with E-state index >= 15 is 0 Å². The SMILES string of the molecule is C=CCN(C(=O)C(CC(N)=O)NC(=O)OC(C)(C)C)C(C(=O)NC(C)(C)C)c1ccccc1. The van der Waals surface area contributed by atoms with Crippen LogP contribution in [0.25, 0.3) is 0 Å².